The van der Waals surface area contributed by atoms with Crippen molar-refractivity contribution in [2.75, 3.05) is 7.11 Å². The minimum atomic E-state index is 0.101. The first-order valence-corrected chi connectivity index (χ1v) is 6.21. The zero-order chi connectivity index (χ0) is 12.7. The van der Waals surface area contributed by atoms with Crippen molar-refractivity contribution < 1.29 is 4.74 Å². The van der Waals surface area contributed by atoms with Crippen LogP contribution < -0.4 is 16.0 Å². The molecule has 1 aromatic rings. The number of hydrogen-bond donors (Lipinski definition) is 2. The van der Waals surface area contributed by atoms with Gasteiger partial charge in [0, 0.05) is 11.8 Å². The second kappa shape index (κ2) is 7.25. The fraction of sp³-hybridized carbons (Fsp3) is 0.615. The average Bonchev–Trinajstić information content (AvgIpc) is 2.40. The van der Waals surface area contributed by atoms with Gasteiger partial charge in [-0.25, -0.2) is 4.98 Å². The third-order valence-electron chi connectivity index (χ3n) is 3.29. The second-order valence-corrected chi connectivity index (χ2v) is 4.24. The van der Waals surface area contributed by atoms with Crippen LogP contribution in [0, 0.1) is 5.92 Å². The van der Waals surface area contributed by atoms with Gasteiger partial charge in [0.15, 0.2) is 0 Å². The largest absolute Gasteiger partial charge is 0.481 e. The minimum Gasteiger partial charge on any atom is -0.481 e. The molecular formula is C13H23N3O. The number of hydrazine groups is 1. The van der Waals surface area contributed by atoms with Crippen LogP contribution in [0.15, 0.2) is 18.3 Å². The molecule has 1 rings (SSSR count). The standard InChI is InChI=1S/C13H23N3O/c1-4-10(5-2)9-12(16-14)11-7-6-8-15-13(11)17-3/h6-8,10,12,16H,4-5,9,14H2,1-3H3. The highest BCUT2D eigenvalue weighted by Gasteiger charge is 2.18. The maximum absolute atomic E-state index is 5.65. The monoisotopic (exact) mass is 237 g/mol. The van der Waals surface area contributed by atoms with Crippen LogP contribution in [0.25, 0.3) is 0 Å². The summed E-state index contributed by atoms with van der Waals surface area (Å²) in [6, 6.07) is 4.02. The van der Waals surface area contributed by atoms with Gasteiger partial charge in [-0.1, -0.05) is 32.8 Å². The summed E-state index contributed by atoms with van der Waals surface area (Å²) >= 11 is 0. The molecule has 96 valence electrons. The van der Waals surface area contributed by atoms with E-state index in [-0.39, 0.29) is 6.04 Å². The first-order valence-electron chi connectivity index (χ1n) is 6.21. The zero-order valence-corrected chi connectivity index (χ0v) is 10.9. The van der Waals surface area contributed by atoms with Crippen molar-refractivity contribution in [3.05, 3.63) is 23.9 Å². The van der Waals surface area contributed by atoms with Gasteiger partial charge in [0.1, 0.15) is 0 Å². The van der Waals surface area contributed by atoms with Crippen molar-refractivity contribution in [3.8, 4) is 5.88 Å². The molecule has 0 bridgehead atoms. The first-order chi connectivity index (χ1) is 8.26. The van der Waals surface area contributed by atoms with Crippen molar-refractivity contribution in [1.29, 1.82) is 0 Å². The number of methoxy groups -OCH3 is 1. The maximum atomic E-state index is 5.65. The summed E-state index contributed by atoms with van der Waals surface area (Å²) in [7, 11) is 1.64. The number of nitrogens with two attached hydrogens (primary N) is 1. The van der Waals surface area contributed by atoms with E-state index in [1.54, 1.807) is 13.3 Å². The van der Waals surface area contributed by atoms with Crippen LogP contribution in [-0.4, -0.2) is 12.1 Å². The molecule has 4 heteroatoms. The van der Waals surface area contributed by atoms with Crippen molar-refractivity contribution >= 4 is 0 Å². The first kappa shape index (κ1) is 13.9. The molecule has 0 saturated carbocycles. The van der Waals surface area contributed by atoms with Gasteiger partial charge in [0.05, 0.1) is 13.2 Å². The number of ether oxygens (including phenoxy) is 1. The molecule has 0 spiro atoms. The summed E-state index contributed by atoms with van der Waals surface area (Å²) in [5.41, 5.74) is 3.90. The number of aromatic nitrogens is 1. The molecule has 1 heterocycles. The third-order valence-corrected chi connectivity index (χ3v) is 3.29. The van der Waals surface area contributed by atoms with Gasteiger partial charge in [0.2, 0.25) is 5.88 Å². The fourth-order valence-corrected chi connectivity index (χ4v) is 2.08. The van der Waals surface area contributed by atoms with Crippen LogP contribution >= 0.6 is 0 Å². The molecule has 1 atom stereocenters. The summed E-state index contributed by atoms with van der Waals surface area (Å²) in [5, 5.41) is 0. The average molecular weight is 237 g/mol. The summed E-state index contributed by atoms with van der Waals surface area (Å²) < 4.78 is 5.27. The molecule has 0 fully saturated rings. The molecule has 0 aliphatic heterocycles. The summed E-state index contributed by atoms with van der Waals surface area (Å²) in [6.07, 6.45) is 5.06. The Labute approximate surface area is 104 Å². The molecular weight excluding hydrogens is 214 g/mol. The Hall–Kier alpha value is -1.13. The predicted molar refractivity (Wildman–Crippen MR) is 69.5 cm³/mol. The lowest BCUT2D eigenvalue weighted by Crippen LogP contribution is -2.30. The normalized spacial score (nSPS) is 12.8. The number of nitrogens with one attached hydrogen (secondary N) is 1. The van der Waals surface area contributed by atoms with Gasteiger partial charge in [-0.05, 0) is 18.4 Å². The maximum Gasteiger partial charge on any atom is 0.217 e. The predicted octanol–water partition coefficient (Wildman–Crippen LogP) is 2.42. The molecule has 3 N–H and O–H groups in total. The van der Waals surface area contributed by atoms with Gasteiger partial charge in [0.25, 0.3) is 0 Å². The summed E-state index contributed by atoms with van der Waals surface area (Å²) in [5.74, 6) is 6.97. The highest BCUT2D eigenvalue weighted by Crippen LogP contribution is 2.29. The van der Waals surface area contributed by atoms with Gasteiger partial charge < -0.3 is 4.74 Å². The fourth-order valence-electron chi connectivity index (χ4n) is 2.08. The highest BCUT2D eigenvalue weighted by atomic mass is 16.5. The molecule has 0 aliphatic rings. The third kappa shape index (κ3) is 3.68. The van der Waals surface area contributed by atoms with E-state index in [1.165, 1.54) is 0 Å². The number of rotatable bonds is 7. The van der Waals surface area contributed by atoms with Gasteiger partial charge >= 0.3 is 0 Å². The Morgan fingerprint density at radius 3 is 2.65 bits per heavy atom. The lowest BCUT2D eigenvalue weighted by atomic mass is 9.92. The SMILES string of the molecule is CCC(CC)CC(NN)c1cccnc1OC. The Kier molecular flexibility index (Phi) is 5.94. The van der Waals surface area contributed by atoms with E-state index in [0.717, 1.165) is 24.8 Å². The number of pyridine rings is 1. The topological polar surface area (TPSA) is 60.2 Å². The molecule has 0 aliphatic carbocycles. The van der Waals surface area contributed by atoms with Crippen LogP contribution in [0.3, 0.4) is 0 Å². The summed E-state index contributed by atoms with van der Waals surface area (Å²) in [6.45, 7) is 4.42. The second-order valence-electron chi connectivity index (χ2n) is 4.24. The van der Waals surface area contributed by atoms with Gasteiger partial charge in [-0.2, -0.15) is 0 Å². The highest BCUT2D eigenvalue weighted by molar-refractivity contribution is 5.28. The van der Waals surface area contributed by atoms with E-state index in [9.17, 15) is 0 Å². The minimum absolute atomic E-state index is 0.101. The van der Waals surface area contributed by atoms with Crippen LogP contribution in [0.2, 0.25) is 0 Å². The van der Waals surface area contributed by atoms with Crippen molar-refractivity contribution in [1.82, 2.24) is 10.4 Å². The smallest absolute Gasteiger partial charge is 0.217 e. The Morgan fingerprint density at radius 2 is 2.12 bits per heavy atom. The molecule has 1 unspecified atom stereocenters. The number of hydrogen-bond acceptors (Lipinski definition) is 4. The molecule has 1 aromatic heterocycles. The van der Waals surface area contributed by atoms with Crippen LogP contribution in [0.5, 0.6) is 5.88 Å². The van der Waals surface area contributed by atoms with E-state index in [4.69, 9.17) is 10.6 Å². The molecule has 17 heavy (non-hydrogen) atoms. The Morgan fingerprint density at radius 1 is 1.41 bits per heavy atom. The van der Waals surface area contributed by atoms with Crippen LogP contribution in [0.1, 0.15) is 44.7 Å². The summed E-state index contributed by atoms with van der Waals surface area (Å²) in [4.78, 5) is 4.21. The molecule has 0 saturated heterocycles. The van der Waals surface area contributed by atoms with Crippen molar-refractivity contribution in [2.45, 2.75) is 39.2 Å². The molecule has 0 radical (unpaired) electrons. The van der Waals surface area contributed by atoms with E-state index in [2.05, 4.69) is 24.3 Å². The molecule has 0 amide bonds. The Bertz CT molecular complexity index is 326. The van der Waals surface area contributed by atoms with Crippen molar-refractivity contribution in [2.24, 2.45) is 11.8 Å². The Balaban J connectivity index is 2.85. The molecule has 4 nitrogen and oxygen atoms in total. The van der Waals surface area contributed by atoms with Crippen LogP contribution in [-0.2, 0) is 0 Å². The van der Waals surface area contributed by atoms with E-state index in [1.807, 2.05) is 12.1 Å². The zero-order valence-electron chi connectivity index (χ0n) is 10.9. The quantitative estimate of drug-likeness (QED) is 0.565. The van der Waals surface area contributed by atoms with Crippen molar-refractivity contribution in [3.63, 3.8) is 0 Å². The van der Waals surface area contributed by atoms with E-state index >= 15 is 0 Å². The van der Waals surface area contributed by atoms with Crippen LogP contribution in [0.4, 0.5) is 0 Å². The lowest BCUT2D eigenvalue weighted by Gasteiger charge is -2.22. The van der Waals surface area contributed by atoms with E-state index in [0.29, 0.717) is 11.8 Å². The van der Waals surface area contributed by atoms with Gasteiger partial charge in [-0.3, -0.25) is 11.3 Å². The number of nitrogens with zero attached hydrogens (tertiary/aromatic N) is 1. The molecule has 0 aromatic carbocycles. The van der Waals surface area contributed by atoms with Gasteiger partial charge in [-0.15, -0.1) is 0 Å². The lowest BCUT2D eigenvalue weighted by molar-refractivity contribution is 0.349. The van der Waals surface area contributed by atoms with E-state index < -0.39 is 0 Å².